The molecule has 1 aliphatic carbocycles. The molecule has 0 unspecified atom stereocenters. The van der Waals surface area contributed by atoms with Crippen molar-refractivity contribution in [1.82, 2.24) is 0 Å². The van der Waals surface area contributed by atoms with Gasteiger partial charge in [0.05, 0.1) is 6.61 Å². The monoisotopic (exact) mass is 584 g/mol. The molecule has 0 aliphatic heterocycles. The molecule has 0 amide bonds. The maximum atomic E-state index is 14.7. The molecule has 1 atom stereocenters. The molecule has 0 heterocycles. The first-order chi connectivity index (χ1) is 20.5. The summed E-state index contributed by atoms with van der Waals surface area (Å²) >= 11 is 0. The summed E-state index contributed by atoms with van der Waals surface area (Å²) in [5.41, 5.74) is 3.12. The first kappa shape index (κ1) is 34.1. The SMILES string of the molecule is CCCCCCCCCCCOc1ccc(-c2ccc(CCC3CCC(OC(=O)[C@@H](F)CCCC)CC3)cc2)cc1F. The average Bonchev–Trinajstić information content (AvgIpc) is 3.01. The number of rotatable bonds is 20. The first-order valence-electron chi connectivity index (χ1n) is 16.9. The summed E-state index contributed by atoms with van der Waals surface area (Å²) in [5, 5.41) is 0. The molecule has 3 rings (SSSR count). The minimum absolute atomic E-state index is 0.139. The Morgan fingerprint density at radius 2 is 1.43 bits per heavy atom. The van der Waals surface area contributed by atoms with E-state index >= 15 is 0 Å². The summed E-state index contributed by atoms with van der Waals surface area (Å²) in [7, 11) is 0. The zero-order chi connectivity index (χ0) is 30.0. The number of aryl methyl sites for hydroxylation is 1. The van der Waals surface area contributed by atoms with Gasteiger partial charge in [-0.1, -0.05) is 108 Å². The van der Waals surface area contributed by atoms with Gasteiger partial charge in [0.25, 0.3) is 0 Å². The second-order valence-corrected chi connectivity index (χ2v) is 12.2. The van der Waals surface area contributed by atoms with Crippen LogP contribution in [0.5, 0.6) is 5.75 Å². The van der Waals surface area contributed by atoms with Gasteiger partial charge in [0, 0.05) is 0 Å². The predicted molar refractivity (Wildman–Crippen MR) is 169 cm³/mol. The van der Waals surface area contributed by atoms with Crippen LogP contribution in [0.3, 0.4) is 0 Å². The normalized spacial score (nSPS) is 17.6. The molecule has 0 bridgehead atoms. The number of halogens is 2. The third-order valence-corrected chi connectivity index (χ3v) is 8.71. The second-order valence-electron chi connectivity index (χ2n) is 12.2. The zero-order valence-electron chi connectivity index (χ0n) is 26.2. The number of hydrogen-bond acceptors (Lipinski definition) is 3. The van der Waals surface area contributed by atoms with Crippen molar-refractivity contribution < 1.29 is 23.0 Å². The Bertz CT molecular complexity index is 1010. The Morgan fingerprint density at radius 3 is 2.07 bits per heavy atom. The fourth-order valence-electron chi connectivity index (χ4n) is 5.90. The average molecular weight is 585 g/mol. The molecule has 1 fully saturated rings. The number of carbonyl (C=O) groups is 1. The molecule has 234 valence electrons. The minimum atomic E-state index is -1.48. The highest BCUT2D eigenvalue weighted by Gasteiger charge is 2.27. The first-order valence-corrected chi connectivity index (χ1v) is 16.9. The van der Waals surface area contributed by atoms with Crippen LogP contribution in [-0.4, -0.2) is 24.9 Å². The van der Waals surface area contributed by atoms with Crippen LogP contribution in [-0.2, 0) is 16.0 Å². The maximum absolute atomic E-state index is 14.7. The van der Waals surface area contributed by atoms with Crippen LogP contribution < -0.4 is 4.74 Å². The molecule has 1 saturated carbocycles. The Kier molecular flexibility index (Phi) is 16.0. The Hall–Kier alpha value is -2.43. The standard InChI is InChI=1S/C37H54F2O3/c1-3-5-7-8-9-10-11-12-13-27-41-36-26-23-32(28-35(36)39)31-21-17-29(18-22-31)15-16-30-19-24-33(25-20-30)42-37(40)34(38)14-6-4-2/h17-18,21-23,26,28,30,33-34H,3-16,19-20,24-25,27H2,1-2H3/t30?,33?,34-/m0/s1. The quantitative estimate of drug-likeness (QED) is 0.115. The number of benzene rings is 2. The lowest BCUT2D eigenvalue weighted by molar-refractivity contribution is -0.157. The van der Waals surface area contributed by atoms with Gasteiger partial charge in [0.15, 0.2) is 17.7 Å². The highest BCUT2D eigenvalue weighted by Crippen LogP contribution is 2.31. The highest BCUT2D eigenvalue weighted by molar-refractivity contribution is 5.74. The number of ether oxygens (including phenoxy) is 2. The summed E-state index contributed by atoms with van der Waals surface area (Å²) in [6, 6.07) is 13.6. The third kappa shape index (κ3) is 12.4. The maximum Gasteiger partial charge on any atom is 0.340 e. The van der Waals surface area contributed by atoms with Gasteiger partial charge in [0.1, 0.15) is 6.10 Å². The van der Waals surface area contributed by atoms with Gasteiger partial charge in [-0.3, -0.25) is 0 Å². The molecule has 42 heavy (non-hydrogen) atoms. The van der Waals surface area contributed by atoms with Crippen LogP contribution in [0.4, 0.5) is 8.78 Å². The van der Waals surface area contributed by atoms with Crippen molar-refractivity contribution in [2.75, 3.05) is 6.61 Å². The molecule has 2 aromatic rings. The molecule has 0 aromatic heterocycles. The largest absolute Gasteiger partial charge is 0.491 e. The number of hydrogen-bond donors (Lipinski definition) is 0. The van der Waals surface area contributed by atoms with Crippen LogP contribution in [0.1, 0.15) is 129 Å². The van der Waals surface area contributed by atoms with Gasteiger partial charge in [-0.2, -0.15) is 0 Å². The van der Waals surface area contributed by atoms with E-state index in [0.29, 0.717) is 24.7 Å². The number of carbonyl (C=O) groups excluding carboxylic acids is 1. The number of unbranched alkanes of at least 4 members (excludes halogenated alkanes) is 9. The van der Waals surface area contributed by atoms with Crippen molar-refractivity contribution in [1.29, 1.82) is 0 Å². The third-order valence-electron chi connectivity index (χ3n) is 8.71. The van der Waals surface area contributed by atoms with Crippen molar-refractivity contribution in [3.63, 3.8) is 0 Å². The van der Waals surface area contributed by atoms with Crippen LogP contribution in [0.2, 0.25) is 0 Å². The molecular formula is C37H54F2O3. The summed E-state index contributed by atoms with van der Waals surface area (Å²) in [4.78, 5) is 12.0. The smallest absolute Gasteiger partial charge is 0.340 e. The van der Waals surface area contributed by atoms with E-state index in [1.807, 2.05) is 13.0 Å². The van der Waals surface area contributed by atoms with E-state index < -0.39 is 12.1 Å². The number of esters is 1. The van der Waals surface area contributed by atoms with Crippen molar-refractivity contribution in [2.24, 2.45) is 5.92 Å². The van der Waals surface area contributed by atoms with E-state index in [4.69, 9.17) is 9.47 Å². The Morgan fingerprint density at radius 1 is 0.810 bits per heavy atom. The molecular weight excluding hydrogens is 530 g/mol. The molecule has 0 N–H and O–H groups in total. The molecule has 3 nitrogen and oxygen atoms in total. The molecule has 0 spiro atoms. The summed E-state index contributed by atoms with van der Waals surface area (Å²) in [6.45, 7) is 4.79. The van der Waals surface area contributed by atoms with Crippen molar-refractivity contribution in [3.05, 3.63) is 53.8 Å². The van der Waals surface area contributed by atoms with Crippen molar-refractivity contribution in [2.45, 2.75) is 142 Å². The molecule has 5 heteroatoms. The fraction of sp³-hybridized carbons (Fsp3) is 0.649. The van der Waals surface area contributed by atoms with Crippen LogP contribution in [0, 0.1) is 11.7 Å². The lowest BCUT2D eigenvalue weighted by Crippen LogP contribution is -2.29. The van der Waals surface area contributed by atoms with Crippen molar-refractivity contribution in [3.8, 4) is 16.9 Å². The second kappa shape index (κ2) is 19.7. The zero-order valence-corrected chi connectivity index (χ0v) is 26.2. The molecule has 1 aliphatic rings. The van der Waals surface area contributed by atoms with Crippen LogP contribution in [0.25, 0.3) is 11.1 Å². The van der Waals surface area contributed by atoms with Gasteiger partial charge in [0.2, 0.25) is 0 Å². The van der Waals surface area contributed by atoms with E-state index in [-0.39, 0.29) is 18.3 Å². The minimum Gasteiger partial charge on any atom is -0.491 e. The van der Waals surface area contributed by atoms with Crippen LogP contribution in [0.15, 0.2) is 42.5 Å². The van der Waals surface area contributed by atoms with Gasteiger partial charge < -0.3 is 9.47 Å². The fourth-order valence-corrected chi connectivity index (χ4v) is 5.90. The van der Waals surface area contributed by atoms with E-state index in [2.05, 4.69) is 31.2 Å². The Balaban J connectivity index is 1.33. The molecule has 2 aromatic carbocycles. The topological polar surface area (TPSA) is 35.5 Å². The summed E-state index contributed by atoms with van der Waals surface area (Å²) < 4.78 is 39.8. The van der Waals surface area contributed by atoms with E-state index in [1.54, 1.807) is 12.1 Å². The van der Waals surface area contributed by atoms with Crippen molar-refractivity contribution >= 4 is 5.97 Å². The van der Waals surface area contributed by atoms with E-state index in [9.17, 15) is 13.6 Å². The van der Waals surface area contributed by atoms with Gasteiger partial charge in [-0.05, 0) is 86.1 Å². The van der Waals surface area contributed by atoms with Gasteiger partial charge in [-0.15, -0.1) is 0 Å². The Labute approximate surface area is 253 Å². The number of alkyl halides is 1. The van der Waals surface area contributed by atoms with Gasteiger partial charge in [-0.25, -0.2) is 13.6 Å². The van der Waals surface area contributed by atoms with Crippen LogP contribution >= 0.6 is 0 Å². The lowest BCUT2D eigenvalue weighted by atomic mass is 9.83. The van der Waals surface area contributed by atoms with E-state index in [0.717, 1.165) is 68.9 Å². The highest BCUT2D eigenvalue weighted by atomic mass is 19.1. The molecule has 0 radical (unpaired) electrons. The van der Waals surface area contributed by atoms with Gasteiger partial charge >= 0.3 is 5.97 Å². The summed E-state index contributed by atoms with van der Waals surface area (Å²) in [6.07, 6.45) is 17.2. The van der Waals surface area contributed by atoms with E-state index in [1.165, 1.54) is 50.5 Å². The lowest BCUT2D eigenvalue weighted by Gasteiger charge is -2.28. The molecule has 0 saturated heterocycles. The summed E-state index contributed by atoms with van der Waals surface area (Å²) in [5.74, 6) is -0.0570. The predicted octanol–water partition coefficient (Wildman–Crippen LogP) is 11.0.